The van der Waals surface area contributed by atoms with Crippen molar-refractivity contribution in [1.29, 1.82) is 0 Å². The summed E-state index contributed by atoms with van der Waals surface area (Å²) in [4.78, 5) is 11.8. The number of carbonyl (C=O) groups excluding carboxylic acids is 1. The Morgan fingerprint density at radius 2 is 2.08 bits per heavy atom. The molecule has 25 heavy (non-hydrogen) atoms. The number of methoxy groups -OCH3 is 1. The predicted octanol–water partition coefficient (Wildman–Crippen LogP) is 1.96. The van der Waals surface area contributed by atoms with Gasteiger partial charge in [0.2, 0.25) is 0 Å². The Morgan fingerprint density at radius 1 is 1.36 bits per heavy atom. The number of thiocarbonyl (C=S) groups is 1. The number of amides is 1. The summed E-state index contributed by atoms with van der Waals surface area (Å²) in [5.74, 6) is -0.603. The van der Waals surface area contributed by atoms with Crippen LogP contribution in [0.2, 0.25) is 0 Å². The molecule has 0 aliphatic rings. The van der Waals surface area contributed by atoms with Crippen molar-refractivity contribution in [2.75, 3.05) is 33.9 Å². The van der Waals surface area contributed by atoms with Crippen molar-refractivity contribution in [3.05, 3.63) is 29.8 Å². The number of rotatable bonds is 7. The molecule has 0 saturated heterocycles. The minimum atomic E-state index is -4.47. The van der Waals surface area contributed by atoms with Gasteiger partial charge < -0.3 is 14.8 Å². The SMILES string of the molecule is COCCCNC(=S)N(C)NC(=O)COc1cccc(C(F)(F)F)c1. The van der Waals surface area contributed by atoms with Gasteiger partial charge in [0.05, 0.1) is 5.56 Å². The van der Waals surface area contributed by atoms with E-state index in [0.717, 1.165) is 18.6 Å². The number of hydrazine groups is 1. The first kappa shape index (κ1) is 21.0. The van der Waals surface area contributed by atoms with Gasteiger partial charge in [-0.15, -0.1) is 0 Å². The monoisotopic (exact) mass is 379 g/mol. The number of alkyl halides is 3. The lowest BCUT2D eigenvalue weighted by atomic mass is 10.2. The second kappa shape index (κ2) is 10.0. The highest BCUT2D eigenvalue weighted by Crippen LogP contribution is 2.31. The Hall–Kier alpha value is -2.07. The van der Waals surface area contributed by atoms with Crippen molar-refractivity contribution in [3.63, 3.8) is 0 Å². The molecule has 0 atom stereocenters. The van der Waals surface area contributed by atoms with Crippen molar-refractivity contribution < 1.29 is 27.4 Å². The van der Waals surface area contributed by atoms with Crippen molar-refractivity contribution in [2.24, 2.45) is 0 Å². The van der Waals surface area contributed by atoms with Gasteiger partial charge in [0.25, 0.3) is 5.91 Å². The second-order valence-corrected chi connectivity index (χ2v) is 5.37. The maximum Gasteiger partial charge on any atom is 0.416 e. The van der Waals surface area contributed by atoms with E-state index in [2.05, 4.69) is 10.7 Å². The van der Waals surface area contributed by atoms with Gasteiger partial charge in [0, 0.05) is 27.3 Å². The molecule has 1 amide bonds. The largest absolute Gasteiger partial charge is 0.484 e. The van der Waals surface area contributed by atoms with E-state index in [0.29, 0.717) is 18.3 Å². The van der Waals surface area contributed by atoms with Gasteiger partial charge >= 0.3 is 6.18 Å². The van der Waals surface area contributed by atoms with Crippen LogP contribution in [-0.2, 0) is 15.7 Å². The zero-order chi connectivity index (χ0) is 18.9. The lowest BCUT2D eigenvalue weighted by molar-refractivity contribution is -0.137. The van der Waals surface area contributed by atoms with Gasteiger partial charge in [-0.25, -0.2) is 0 Å². The van der Waals surface area contributed by atoms with Crippen molar-refractivity contribution >= 4 is 23.2 Å². The third-order valence-corrected chi connectivity index (χ3v) is 3.35. The molecule has 10 heteroatoms. The molecular formula is C15H20F3N3O3S. The van der Waals surface area contributed by atoms with Crippen LogP contribution in [0.1, 0.15) is 12.0 Å². The fourth-order valence-electron chi connectivity index (χ4n) is 1.71. The van der Waals surface area contributed by atoms with Crippen LogP contribution in [0.15, 0.2) is 24.3 Å². The second-order valence-electron chi connectivity index (χ2n) is 4.99. The molecule has 140 valence electrons. The third-order valence-electron chi connectivity index (χ3n) is 2.93. The lowest BCUT2D eigenvalue weighted by Crippen LogP contribution is -2.49. The minimum Gasteiger partial charge on any atom is -0.484 e. The maximum atomic E-state index is 12.6. The number of nitrogens with zero attached hydrogens (tertiary/aromatic N) is 1. The summed E-state index contributed by atoms with van der Waals surface area (Å²) < 4.78 is 47.8. The van der Waals surface area contributed by atoms with Gasteiger partial charge in [0.15, 0.2) is 11.7 Å². The molecule has 0 aromatic heterocycles. The van der Waals surface area contributed by atoms with E-state index in [1.807, 2.05) is 0 Å². The van der Waals surface area contributed by atoms with Crippen LogP contribution in [0.3, 0.4) is 0 Å². The summed E-state index contributed by atoms with van der Waals surface area (Å²) in [5.41, 5.74) is 1.60. The first-order valence-electron chi connectivity index (χ1n) is 7.34. The van der Waals surface area contributed by atoms with Crippen LogP contribution in [-0.4, -0.2) is 49.9 Å². The van der Waals surface area contributed by atoms with E-state index in [-0.39, 0.29) is 5.75 Å². The smallest absolute Gasteiger partial charge is 0.416 e. The van der Waals surface area contributed by atoms with Crippen LogP contribution < -0.4 is 15.5 Å². The molecular weight excluding hydrogens is 359 g/mol. The van der Waals surface area contributed by atoms with Crippen LogP contribution in [0, 0.1) is 0 Å². The molecule has 0 bridgehead atoms. The number of ether oxygens (including phenoxy) is 2. The Bertz CT molecular complexity index is 585. The van der Waals surface area contributed by atoms with E-state index >= 15 is 0 Å². The molecule has 2 N–H and O–H groups in total. The third kappa shape index (κ3) is 8.03. The molecule has 0 radical (unpaired) electrons. The average molecular weight is 379 g/mol. The van der Waals surface area contributed by atoms with Gasteiger partial charge in [-0.2, -0.15) is 13.2 Å². The molecule has 0 aliphatic carbocycles. The first-order valence-corrected chi connectivity index (χ1v) is 7.75. The van der Waals surface area contributed by atoms with E-state index in [1.165, 1.54) is 24.2 Å². The predicted molar refractivity (Wildman–Crippen MR) is 89.9 cm³/mol. The molecule has 0 saturated carbocycles. The van der Waals surface area contributed by atoms with Crippen LogP contribution >= 0.6 is 12.2 Å². The Balaban J connectivity index is 2.40. The molecule has 0 heterocycles. The van der Waals surface area contributed by atoms with Gasteiger partial charge in [-0.1, -0.05) is 6.07 Å². The molecule has 1 rings (SSSR count). The summed E-state index contributed by atoms with van der Waals surface area (Å²) in [6.45, 7) is 0.710. The number of benzene rings is 1. The number of halogens is 3. The summed E-state index contributed by atoms with van der Waals surface area (Å²) in [6.07, 6.45) is -3.72. The molecule has 1 aromatic carbocycles. The lowest BCUT2D eigenvalue weighted by Gasteiger charge is -2.21. The highest BCUT2D eigenvalue weighted by Gasteiger charge is 2.30. The molecule has 0 fully saturated rings. The summed E-state index contributed by atoms with van der Waals surface area (Å²) in [6, 6.07) is 4.31. The highest BCUT2D eigenvalue weighted by molar-refractivity contribution is 7.80. The van der Waals surface area contributed by atoms with Crippen LogP contribution in [0.25, 0.3) is 0 Å². The quantitative estimate of drug-likeness (QED) is 0.429. The number of hydrogen-bond donors (Lipinski definition) is 2. The molecule has 6 nitrogen and oxygen atoms in total. The minimum absolute atomic E-state index is 0.0482. The fourth-order valence-corrected chi connectivity index (χ4v) is 1.86. The van der Waals surface area contributed by atoms with Crippen LogP contribution in [0.4, 0.5) is 13.2 Å². The topological polar surface area (TPSA) is 62.8 Å². The van der Waals surface area contributed by atoms with Crippen molar-refractivity contribution in [1.82, 2.24) is 15.8 Å². The number of carbonyl (C=O) groups is 1. The summed E-state index contributed by atoms with van der Waals surface area (Å²) in [7, 11) is 3.13. The summed E-state index contributed by atoms with van der Waals surface area (Å²) >= 11 is 5.07. The van der Waals surface area contributed by atoms with E-state index in [4.69, 9.17) is 21.7 Å². The van der Waals surface area contributed by atoms with Gasteiger partial charge in [0.1, 0.15) is 5.75 Å². The molecule has 0 aliphatic heterocycles. The van der Waals surface area contributed by atoms with E-state index in [1.54, 1.807) is 7.11 Å². The maximum absolute atomic E-state index is 12.6. The number of nitrogens with one attached hydrogen (secondary N) is 2. The van der Waals surface area contributed by atoms with Crippen molar-refractivity contribution in [2.45, 2.75) is 12.6 Å². The first-order chi connectivity index (χ1) is 11.7. The molecule has 0 unspecified atom stereocenters. The van der Waals surface area contributed by atoms with Crippen LogP contribution in [0.5, 0.6) is 5.75 Å². The standard InChI is InChI=1S/C15H20F3N3O3S/c1-21(14(25)19-7-4-8-23-2)20-13(22)10-24-12-6-3-5-11(9-12)15(16,17)18/h3,5-6,9H,4,7-8,10H2,1-2H3,(H,19,25)(H,20,22). The van der Waals surface area contributed by atoms with Crippen molar-refractivity contribution in [3.8, 4) is 5.75 Å². The number of hydrogen-bond acceptors (Lipinski definition) is 4. The van der Waals surface area contributed by atoms with Gasteiger partial charge in [-0.05, 0) is 36.8 Å². The Labute approximate surface area is 149 Å². The summed E-state index contributed by atoms with van der Waals surface area (Å²) in [5, 5.41) is 4.50. The van der Waals surface area contributed by atoms with E-state index in [9.17, 15) is 18.0 Å². The average Bonchev–Trinajstić information content (AvgIpc) is 2.56. The fraction of sp³-hybridized carbons (Fsp3) is 0.467. The Kier molecular flexibility index (Phi) is 8.42. The zero-order valence-corrected chi connectivity index (χ0v) is 14.7. The van der Waals surface area contributed by atoms with Gasteiger partial charge in [-0.3, -0.25) is 15.2 Å². The highest BCUT2D eigenvalue weighted by atomic mass is 32.1. The van der Waals surface area contributed by atoms with E-state index < -0.39 is 24.3 Å². The normalized spacial score (nSPS) is 10.9. The zero-order valence-electron chi connectivity index (χ0n) is 13.9. The Morgan fingerprint density at radius 3 is 2.72 bits per heavy atom. The molecule has 1 aromatic rings. The molecule has 0 spiro atoms.